The number of likely N-dealkylation sites (tertiary alicyclic amines) is 1. The number of nitriles is 1. The molecule has 1 unspecified atom stereocenters. The van der Waals surface area contributed by atoms with Crippen molar-refractivity contribution in [1.29, 1.82) is 5.26 Å². The fourth-order valence-corrected chi connectivity index (χ4v) is 3.33. The zero-order valence-electron chi connectivity index (χ0n) is 16.6. The number of carbonyl (C=O) groups is 2. The molecule has 2 amide bonds. The van der Waals surface area contributed by atoms with Gasteiger partial charge in [-0.2, -0.15) is 5.26 Å². The van der Waals surface area contributed by atoms with E-state index in [2.05, 4.69) is 10.3 Å². The normalized spacial score (nSPS) is 18.2. The number of amides is 2. The van der Waals surface area contributed by atoms with Crippen molar-refractivity contribution in [3.63, 3.8) is 0 Å². The van der Waals surface area contributed by atoms with Crippen LogP contribution in [-0.2, 0) is 11.8 Å². The minimum absolute atomic E-state index is 0.302. The average molecular weight is 413 g/mol. The molecule has 9 heteroatoms. The van der Waals surface area contributed by atoms with E-state index in [1.54, 1.807) is 6.07 Å². The van der Waals surface area contributed by atoms with Crippen molar-refractivity contribution in [2.45, 2.75) is 25.3 Å². The zero-order chi connectivity index (χ0) is 21.9. The van der Waals surface area contributed by atoms with Gasteiger partial charge >= 0.3 is 0 Å². The number of aromatic nitrogens is 2. The molecule has 1 N–H and O–H groups in total. The molecule has 2 aromatic heterocycles. The Morgan fingerprint density at radius 1 is 1.43 bits per heavy atom. The summed E-state index contributed by atoms with van der Waals surface area (Å²) in [4.78, 5) is 29.8. The number of nitrogens with zero attached hydrogens (tertiary/aromatic N) is 4. The third-order valence-electron chi connectivity index (χ3n) is 4.90. The Labute approximate surface area is 172 Å². The minimum Gasteiger partial charge on any atom is -0.357 e. The maximum atomic E-state index is 13.5. The number of hydrogen-bond donors (Lipinski definition) is 1. The second kappa shape index (κ2) is 8.45. The molecule has 0 bridgehead atoms. The van der Waals surface area contributed by atoms with Gasteiger partial charge in [0.1, 0.15) is 6.04 Å². The van der Waals surface area contributed by atoms with Crippen LogP contribution in [0.25, 0.3) is 11.6 Å². The fraction of sp³-hybridized carbons (Fsp3) is 0.333. The van der Waals surface area contributed by atoms with Crippen LogP contribution >= 0.6 is 0 Å². The van der Waals surface area contributed by atoms with Crippen molar-refractivity contribution < 1.29 is 18.4 Å². The summed E-state index contributed by atoms with van der Waals surface area (Å²) in [5.41, 5.74) is 2.77. The summed E-state index contributed by atoms with van der Waals surface area (Å²) in [5, 5.41) is 11.5. The monoisotopic (exact) mass is 413 g/mol. The molecule has 156 valence electrons. The van der Waals surface area contributed by atoms with Crippen LogP contribution in [-0.4, -0.2) is 51.3 Å². The molecule has 2 aromatic rings. The lowest BCUT2D eigenvalue weighted by Crippen LogP contribution is -2.43. The van der Waals surface area contributed by atoms with Crippen molar-refractivity contribution in [1.82, 2.24) is 19.8 Å². The van der Waals surface area contributed by atoms with E-state index < -0.39 is 43.3 Å². The molecule has 0 aliphatic carbocycles. The molecule has 0 spiro atoms. The van der Waals surface area contributed by atoms with Crippen LogP contribution in [0.3, 0.4) is 0 Å². The molecule has 1 aliphatic rings. The summed E-state index contributed by atoms with van der Waals surface area (Å²) >= 11 is 0. The SMILES string of the molecule is CC(=Cc1cnccc1C(=O)NCC(=O)N1CC(F)(F)CC1C#N)c1ccn(C)c1. The highest BCUT2D eigenvalue weighted by molar-refractivity contribution is 6.00. The number of nitrogens with one attached hydrogen (secondary N) is 1. The standard InChI is InChI=1S/C21H21F2N5O2/c1-14(15-4-6-27(2)12-15)7-16-10-25-5-3-18(16)20(30)26-11-19(29)28-13-21(22,23)8-17(28)9-24/h3-7,10,12,17H,8,11,13H2,1-2H3,(H,26,30). The second-order valence-electron chi connectivity index (χ2n) is 7.27. The summed E-state index contributed by atoms with van der Waals surface area (Å²) < 4.78 is 29.0. The van der Waals surface area contributed by atoms with E-state index in [0.29, 0.717) is 11.1 Å². The summed E-state index contributed by atoms with van der Waals surface area (Å²) in [5.74, 6) is -4.35. The van der Waals surface area contributed by atoms with Gasteiger partial charge in [-0.25, -0.2) is 8.78 Å². The summed E-state index contributed by atoms with van der Waals surface area (Å²) in [6, 6.07) is 3.98. The van der Waals surface area contributed by atoms with E-state index in [1.807, 2.05) is 43.1 Å². The number of pyridine rings is 1. The van der Waals surface area contributed by atoms with Crippen molar-refractivity contribution in [3.05, 3.63) is 53.6 Å². The number of aryl methyl sites for hydroxylation is 1. The van der Waals surface area contributed by atoms with Crippen LogP contribution < -0.4 is 5.32 Å². The zero-order valence-corrected chi connectivity index (χ0v) is 16.6. The first-order valence-corrected chi connectivity index (χ1v) is 9.30. The minimum atomic E-state index is -3.10. The lowest BCUT2D eigenvalue weighted by atomic mass is 10.0. The van der Waals surface area contributed by atoms with E-state index in [1.165, 1.54) is 18.5 Å². The molecule has 7 nitrogen and oxygen atoms in total. The lowest BCUT2D eigenvalue weighted by Gasteiger charge is -2.19. The Kier molecular flexibility index (Phi) is 5.96. The van der Waals surface area contributed by atoms with E-state index in [9.17, 15) is 18.4 Å². The average Bonchev–Trinajstić information content (AvgIpc) is 3.28. The first kappa shape index (κ1) is 21.2. The van der Waals surface area contributed by atoms with Crippen molar-refractivity contribution in [3.8, 4) is 6.07 Å². The molecule has 30 heavy (non-hydrogen) atoms. The van der Waals surface area contributed by atoms with E-state index in [4.69, 9.17) is 5.26 Å². The molecular formula is C21H21F2N5O2. The van der Waals surface area contributed by atoms with Gasteiger partial charge in [-0.05, 0) is 36.3 Å². The number of allylic oxidation sites excluding steroid dienone is 1. The van der Waals surface area contributed by atoms with Gasteiger partial charge in [0, 0.05) is 49.4 Å². The van der Waals surface area contributed by atoms with Gasteiger partial charge in [0.15, 0.2) is 0 Å². The predicted molar refractivity (Wildman–Crippen MR) is 106 cm³/mol. The second-order valence-corrected chi connectivity index (χ2v) is 7.27. The van der Waals surface area contributed by atoms with Crippen LogP contribution in [0.5, 0.6) is 0 Å². The summed E-state index contributed by atoms with van der Waals surface area (Å²) in [7, 11) is 1.91. The highest BCUT2D eigenvalue weighted by Crippen LogP contribution is 2.31. The van der Waals surface area contributed by atoms with Gasteiger partial charge in [-0.15, -0.1) is 0 Å². The van der Waals surface area contributed by atoms with Gasteiger partial charge < -0.3 is 14.8 Å². The summed E-state index contributed by atoms with van der Waals surface area (Å²) in [6.07, 6.45) is 7.96. The van der Waals surface area contributed by atoms with Crippen LogP contribution in [0.1, 0.15) is 34.8 Å². The maximum absolute atomic E-state index is 13.5. The first-order chi connectivity index (χ1) is 14.2. The molecule has 3 rings (SSSR count). The molecule has 0 saturated carbocycles. The Bertz CT molecular complexity index is 1040. The van der Waals surface area contributed by atoms with Gasteiger partial charge in [0.25, 0.3) is 11.8 Å². The van der Waals surface area contributed by atoms with E-state index in [-0.39, 0.29) is 0 Å². The molecular weight excluding hydrogens is 392 g/mol. The van der Waals surface area contributed by atoms with Crippen LogP contribution in [0.15, 0.2) is 36.9 Å². The van der Waals surface area contributed by atoms with Crippen LogP contribution in [0.4, 0.5) is 8.78 Å². The topological polar surface area (TPSA) is 91.0 Å². The Morgan fingerprint density at radius 3 is 2.87 bits per heavy atom. The number of carbonyl (C=O) groups excluding carboxylic acids is 2. The fourth-order valence-electron chi connectivity index (χ4n) is 3.33. The van der Waals surface area contributed by atoms with Crippen LogP contribution in [0, 0.1) is 11.3 Å². The van der Waals surface area contributed by atoms with Gasteiger partial charge in [0.05, 0.1) is 19.2 Å². The number of halogens is 2. The number of rotatable bonds is 5. The van der Waals surface area contributed by atoms with Crippen molar-refractivity contribution >= 4 is 23.5 Å². The largest absolute Gasteiger partial charge is 0.357 e. The molecule has 0 aromatic carbocycles. The molecule has 1 atom stereocenters. The molecule has 3 heterocycles. The van der Waals surface area contributed by atoms with Crippen LogP contribution in [0.2, 0.25) is 0 Å². The third kappa shape index (κ3) is 4.71. The van der Waals surface area contributed by atoms with Gasteiger partial charge in [-0.1, -0.05) is 0 Å². The Balaban J connectivity index is 1.71. The smallest absolute Gasteiger partial charge is 0.268 e. The van der Waals surface area contributed by atoms with Crippen molar-refractivity contribution in [2.24, 2.45) is 7.05 Å². The van der Waals surface area contributed by atoms with Gasteiger partial charge in [0.2, 0.25) is 5.91 Å². The van der Waals surface area contributed by atoms with Crippen molar-refractivity contribution in [2.75, 3.05) is 13.1 Å². The highest BCUT2D eigenvalue weighted by Gasteiger charge is 2.47. The molecule has 1 fully saturated rings. The highest BCUT2D eigenvalue weighted by atomic mass is 19.3. The first-order valence-electron chi connectivity index (χ1n) is 9.30. The molecule has 1 saturated heterocycles. The Morgan fingerprint density at radius 2 is 2.20 bits per heavy atom. The van der Waals surface area contributed by atoms with Gasteiger partial charge in [-0.3, -0.25) is 14.6 Å². The number of hydrogen-bond acceptors (Lipinski definition) is 4. The molecule has 0 radical (unpaired) electrons. The third-order valence-corrected chi connectivity index (χ3v) is 4.90. The molecule has 1 aliphatic heterocycles. The maximum Gasteiger partial charge on any atom is 0.268 e. The number of alkyl halides is 2. The quantitative estimate of drug-likeness (QED) is 0.815. The van der Waals surface area contributed by atoms with E-state index >= 15 is 0 Å². The Hall–Kier alpha value is -3.54. The summed E-state index contributed by atoms with van der Waals surface area (Å²) in [6.45, 7) is 0.610. The lowest BCUT2D eigenvalue weighted by molar-refractivity contribution is -0.131. The predicted octanol–water partition coefficient (Wildman–Crippen LogP) is 2.47. The van der Waals surface area contributed by atoms with E-state index in [0.717, 1.165) is 16.0 Å².